The van der Waals surface area contributed by atoms with Crippen LogP contribution in [0, 0.1) is 12.8 Å². The number of aromatic amines is 1. The topological polar surface area (TPSA) is 78.1 Å². The van der Waals surface area contributed by atoms with Gasteiger partial charge < -0.3 is 10.2 Å². The van der Waals surface area contributed by atoms with E-state index in [1.54, 1.807) is 0 Å². The lowest BCUT2D eigenvalue weighted by Gasteiger charge is -2.34. The van der Waals surface area contributed by atoms with Crippen LogP contribution >= 0.6 is 0 Å². The highest BCUT2D eigenvalue weighted by Crippen LogP contribution is 2.34. The molecule has 2 amide bonds. The minimum Gasteiger partial charge on any atom is -0.355 e. The SMILES string of the molecule is Cc1cccc(-c2cn[nH]c2C2CCN(C(=O)[C@@H]3CCCNC3=O)CC2)c1. The van der Waals surface area contributed by atoms with Crippen LogP contribution in [0.4, 0.5) is 0 Å². The van der Waals surface area contributed by atoms with Crippen LogP contribution in [0.1, 0.15) is 42.9 Å². The molecule has 2 N–H and O–H groups in total. The van der Waals surface area contributed by atoms with E-state index < -0.39 is 5.92 Å². The number of piperidine rings is 2. The predicted molar refractivity (Wildman–Crippen MR) is 103 cm³/mol. The molecule has 1 atom stereocenters. The lowest BCUT2D eigenvalue weighted by atomic mass is 9.88. The van der Waals surface area contributed by atoms with Crippen molar-refractivity contribution in [1.29, 1.82) is 0 Å². The van der Waals surface area contributed by atoms with Crippen LogP contribution in [0.25, 0.3) is 11.1 Å². The van der Waals surface area contributed by atoms with Gasteiger partial charge in [-0.25, -0.2) is 0 Å². The summed E-state index contributed by atoms with van der Waals surface area (Å²) in [6.07, 6.45) is 5.23. The third-order valence-corrected chi connectivity index (χ3v) is 5.80. The van der Waals surface area contributed by atoms with E-state index in [9.17, 15) is 9.59 Å². The van der Waals surface area contributed by atoms with Gasteiger partial charge in [-0.15, -0.1) is 0 Å². The van der Waals surface area contributed by atoms with Gasteiger partial charge in [-0.1, -0.05) is 29.8 Å². The fourth-order valence-electron chi connectivity index (χ4n) is 4.27. The Labute approximate surface area is 159 Å². The van der Waals surface area contributed by atoms with Crippen molar-refractivity contribution in [2.24, 2.45) is 5.92 Å². The second kappa shape index (κ2) is 7.55. The molecule has 2 aliphatic heterocycles. The van der Waals surface area contributed by atoms with Crippen LogP contribution in [0.15, 0.2) is 30.5 Å². The summed E-state index contributed by atoms with van der Waals surface area (Å²) >= 11 is 0. The zero-order valence-corrected chi connectivity index (χ0v) is 15.7. The number of hydrogen-bond donors (Lipinski definition) is 2. The molecule has 2 fully saturated rings. The monoisotopic (exact) mass is 366 g/mol. The van der Waals surface area contributed by atoms with Crippen LogP contribution in [0.5, 0.6) is 0 Å². The van der Waals surface area contributed by atoms with Crippen molar-refractivity contribution in [3.8, 4) is 11.1 Å². The zero-order valence-electron chi connectivity index (χ0n) is 15.7. The lowest BCUT2D eigenvalue weighted by Crippen LogP contribution is -2.48. The molecule has 0 bridgehead atoms. The molecule has 4 rings (SSSR count). The van der Waals surface area contributed by atoms with Crippen LogP contribution in [0.3, 0.4) is 0 Å². The van der Waals surface area contributed by atoms with E-state index >= 15 is 0 Å². The average Bonchev–Trinajstić information content (AvgIpc) is 3.18. The maximum Gasteiger partial charge on any atom is 0.235 e. The van der Waals surface area contributed by atoms with Gasteiger partial charge in [0.15, 0.2) is 0 Å². The molecule has 142 valence electrons. The first kappa shape index (κ1) is 17.8. The van der Waals surface area contributed by atoms with Crippen molar-refractivity contribution in [3.63, 3.8) is 0 Å². The summed E-state index contributed by atoms with van der Waals surface area (Å²) in [4.78, 5) is 26.6. The highest BCUT2D eigenvalue weighted by atomic mass is 16.2. The fourth-order valence-corrected chi connectivity index (χ4v) is 4.27. The quantitative estimate of drug-likeness (QED) is 0.820. The van der Waals surface area contributed by atoms with Crippen molar-refractivity contribution in [2.75, 3.05) is 19.6 Å². The Morgan fingerprint density at radius 3 is 2.78 bits per heavy atom. The molecule has 27 heavy (non-hydrogen) atoms. The molecule has 2 aliphatic rings. The van der Waals surface area contributed by atoms with Crippen LogP contribution in [-0.4, -0.2) is 46.5 Å². The van der Waals surface area contributed by atoms with E-state index in [0.29, 0.717) is 32.0 Å². The molecule has 3 heterocycles. The molecule has 6 nitrogen and oxygen atoms in total. The number of amides is 2. The molecule has 6 heteroatoms. The molecule has 0 aliphatic carbocycles. The Hall–Kier alpha value is -2.63. The van der Waals surface area contributed by atoms with Gasteiger partial charge in [0.1, 0.15) is 5.92 Å². The molecule has 0 spiro atoms. The Bertz CT molecular complexity index is 836. The Morgan fingerprint density at radius 2 is 2.04 bits per heavy atom. The highest BCUT2D eigenvalue weighted by molar-refractivity contribution is 6.00. The molecule has 2 aromatic rings. The first-order valence-electron chi connectivity index (χ1n) is 9.80. The third kappa shape index (κ3) is 3.61. The van der Waals surface area contributed by atoms with Gasteiger partial charge >= 0.3 is 0 Å². The Kier molecular flexibility index (Phi) is 4.97. The number of aromatic nitrogens is 2. The summed E-state index contributed by atoms with van der Waals surface area (Å²) in [5.41, 5.74) is 4.71. The first-order chi connectivity index (χ1) is 13.1. The predicted octanol–water partition coefficient (Wildman–Crippen LogP) is 2.62. The van der Waals surface area contributed by atoms with Crippen LogP contribution < -0.4 is 5.32 Å². The number of hydrogen-bond acceptors (Lipinski definition) is 3. The summed E-state index contributed by atoms with van der Waals surface area (Å²) in [7, 11) is 0. The summed E-state index contributed by atoms with van der Waals surface area (Å²) in [5, 5.41) is 10.3. The normalized spacial score (nSPS) is 21.1. The number of rotatable bonds is 3. The summed E-state index contributed by atoms with van der Waals surface area (Å²) in [6, 6.07) is 8.45. The van der Waals surface area contributed by atoms with Crippen molar-refractivity contribution in [2.45, 2.75) is 38.5 Å². The first-order valence-corrected chi connectivity index (χ1v) is 9.80. The van der Waals surface area contributed by atoms with Gasteiger partial charge in [0.25, 0.3) is 0 Å². The van der Waals surface area contributed by atoms with Gasteiger partial charge in [-0.05, 0) is 38.2 Å². The van der Waals surface area contributed by atoms with Crippen molar-refractivity contribution < 1.29 is 9.59 Å². The maximum absolute atomic E-state index is 12.7. The molecule has 0 unspecified atom stereocenters. The second-order valence-electron chi connectivity index (χ2n) is 7.65. The number of carbonyl (C=O) groups is 2. The van der Waals surface area contributed by atoms with Gasteiger partial charge in [0, 0.05) is 36.8 Å². The molecule has 2 saturated heterocycles. The maximum atomic E-state index is 12.7. The molecule has 0 saturated carbocycles. The number of aryl methyl sites for hydroxylation is 1. The molecular weight excluding hydrogens is 340 g/mol. The molecule has 1 aromatic carbocycles. The smallest absolute Gasteiger partial charge is 0.235 e. The molecule has 1 aromatic heterocycles. The molecule has 0 radical (unpaired) electrons. The number of benzene rings is 1. The summed E-state index contributed by atoms with van der Waals surface area (Å²) in [5.74, 6) is -0.254. The van der Waals surface area contributed by atoms with Gasteiger partial charge in [-0.2, -0.15) is 5.10 Å². The van der Waals surface area contributed by atoms with Gasteiger partial charge in [-0.3, -0.25) is 14.7 Å². The summed E-state index contributed by atoms with van der Waals surface area (Å²) in [6.45, 7) is 4.17. The zero-order chi connectivity index (χ0) is 18.8. The fraction of sp³-hybridized carbons (Fsp3) is 0.476. The minimum absolute atomic E-state index is 0.00540. The standard InChI is InChI=1S/C21H26N4O2/c1-14-4-2-5-16(12-14)18-13-23-24-19(18)15-7-10-25(11-8-15)21(27)17-6-3-9-22-20(17)26/h2,4-5,12-13,15,17H,3,6-11H2,1H3,(H,22,26)(H,23,24)/t17-/m1/s1. The summed E-state index contributed by atoms with van der Waals surface area (Å²) < 4.78 is 0. The van der Waals surface area contributed by atoms with Gasteiger partial charge in [0.05, 0.1) is 6.20 Å². The third-order valence-electron chi connectivity index (χ3n) is 5.80. The molecular formula is C21H26N4O2. The highest BCUT2D eigenvalue weighted by Gasteiger charge is 2.34. The van der Waals surface area contributed by atoms with Crippen molar-refractivity contribution >= 4 is 11.8 Å². The largest absolute Gasteiger partial charge is 0.355 e. The van der Waals surface area contributed by atoms with Crippen LogP contribution in [0.2, 0.25) is 0 Å². The number of nitrogens with one attached hydrogen (secondary N) is 2. The second-order valence-corrected chi connectivity index (χ2v) is 7.65. The van der Waals surface area contributed by atoms with E-state index in [0.717, 1.165) is 30.5 Å². The number of carbonyl (C=O) groups excluding carboxylic acids is 2. The Morgan fingerprint density at radius 1 is 1.22 bits per heavy atom. The van der Waals surface area contributed by atoms with E-state index in [2.05, 4.69) is 46.7 Å². The Balaban J connectivity index is 1.44. The average molecular weight is 366 g/mol. The van der Waals surface area contributed by atoms with Gasteiger partial charge in [0.2, 0.25) is 11.8 Å². The van der Waals surface area contributed by atoms with E-state index in [1.165, 1.54) is 11.1 Å². The van der Waals surface area contributed by atoms with E-state index in [1.807, 2.05) is 11.1 Å². The van der Waals surface area contributed by atoms with Crippen LogP contribution in [-0.2, 0) is 9.59 Å². The number of nitrogens with zero attached hydrogens (tertiary/aromatic N) is 2. The van der Waals surface area contributed by atoms with E-state index in [-0.39, 0.29) is 11.8 Å². The minimum atomic E-state index is -0.495. The van der Waals surface area contributed by atoms with Crippen molar-refractivity contribution in [1.82, 2.24) is 20.4 Å². The lowest BCUT2D eigenvalue weighted by molar-refractivity contribution is -0.144. The number of likely N-dealkylation sites (tertiary alicyclic amines) is 1. The number of H-pyrrole nitrogens is 1. The van der Waals surface area contributed by atoms with E-state index in [4.69, 9.17) is 0 Å². The van der Waals surface area contributed by atoms with Crippen molar-refractivity contribution in [3.05, 3.63) is 41.7 Å².